The second kappa shape index (κ2) is 7.53. The number of rotatable bonds is 6. The lowest BCUT2D eigenvalue weighted by Crippen LogP contribution is -2.42. The third-order valence-corrected chi connectivity index (χ3v) is 3.22. The summed E-state index contributed by atoms with van der Waals surface area (Å²) >= 11 is 0. The van der Waals surface area contributed by atoms with Crippen LogP contribution >= 0.6 is 0 Å². The van der Waals surface area contributed by atoms with Crippen LogP contribution in [0.2, 0.25) is 0 Å². The maximum absolute atomic E-state index is 11.8. The molecule has 1 aliphatic rings. The van der Waals surface area contributed by atoms with Crippen LogP contribution in [0, 0.1) is 5.92 Å². The Morgan fingerprint density at radius 3 is 2.50 bits per heavy atom. The van der Waals surface area contributed by atoms with Gasteiger partial charge in [0.25, 0.3) is 5.91 Å². The summed E-state index contributed by atoms with van der Waals surface area (Å²) in [4.78, 5) is 15.9. The Balaban J connectivity index is 1.61. The number of nitrogens with zero attached hydrogens (tertiary/aromatic N) is 1. The number of carbonyl (C=O) groups is 1. The fourth-order valence-corrected chi connectivity index (χ4v) is 1.83. The van der Waals surface area contributed by atoms with Crippen LogP contribution in [0.5, 0.6) is 0 Å². The normalized spacial score (nSPS) is 14.8. The van der Waals surface area contributed by atoms with Gasteiger partial charge < -0.3 is 16.0 Å². The van der Waals surface area contributed by atoms with Gasteiger partial charge in [0.05, 0.1) is 0 Å². The number of carbonyl (C=O) groups excluding carboxylic acids is 1. The number of hydrogen-bond acceptors (Lipinski definition) is 2. The van der Waals surface area contributed by atoms with Crippen molar-refractivity contribution < 1.29 is 4.79 Å². The van der Waals surface area contributed by atoms with Crippen LogP contribution in [0.4, 0.5) is 0 Å². The van der Waals surface area contributed by atoms with Gasteiger partial charge in [0.15, 0.2) is 5.96 Å². The summed E-state index contributed by atoms with van der Waals surface area (Å²) in [5.74, 6) is 1.56. The maximum Gasteiger partial charge on any atom is 0.251 e. The molecule has 1 aromatic rings. The number of nitrogens with one attached hydrogen (secondary N) is 3. The molecule has 1 saturated carbocycles. The molecule has 2 rings (SSSR count). The van der Waals surface area contributed by atoms with Gasteiger partial charge in [-0.1, -0.05) is 18.2 Å². The van der Waals surface area contributed by atoms with E-state index in [2.05, 4.69) is 20.9 Å². The van der Waals surface area contributed by atoms with E-state index in [0.29, 0.717) is 18.7 Å². The van der Waals surface area contributed by atoms with E-state index in [9.17, 15) is 4.79 Å². The third kappa shape index (κ3) is 4.91. The molecule has 1 aliphatic carbocycles. The molecule has 0 atom stereocenters. The fourth-order valence-electron chi connectivity index (χ4n) is 1.83. The first-order valence-corrected chi connectivity index (χ1v) is 7.07. The van der Waals surface area contributed by atoms with Gasteiger partial charge in [0.1, 0.15) is 0 Å². The predicted molar refractivity (Wildman–Crippen MR) is 80.9 cm³/mol. The second-order valence-corrected chi connectivity index (χ2v) is 4.95. The van der Waals surface area contributed by atoms with Crippen molar-refractivity contribution in [2.45, 2.75) is 12.8 Å². The standard InChI is InChI=1S/C15H22N4O/c1-16-15(19-11-12-7-8-12)18-10-9-17-14(20)13-5-3-2-4-6-13/h2-6,12H,7-11H2,1H3,(H,17,20)(H2,16,18,19). The highest BCUT2D eigenvalue weighted by molar-refractivity contribution is 5.94. The Bertz CT molecular complexity index is 454. The summed E-state index contributed by atoms with van der Waals surface area (Å²) in [5, 5.41) is 9.33. The maximum atomic E-state index is 11.8. The summed E-state index contributed by atoms with van der Waals surface area (Å²) in [6.45, 7) is 2.21. The SMILES string of the molecule is CN=C(NCCNC(=O)c1ccccc1)NCC1CC1. The second-order valence-electron chi connectivity index (χ2n) is 4.95. The van der Waals surface area contributed by atoms with Crippen LogP contribution in [0.15, 0.2) is 35.3 Å². The van der Waals surface area contributed by atoms with Crippen LogP contribution in [0.3, 0.4) is 0 Å². The van der Waals surface area contributed by atoms with Gasteiger partial charge in [-0.2, -0.15) is 0 Å². The first-order valence-electron chi connectivity index (χ1n) is 7.07. The predicted octanol–water partition coefficient (Wildman–Crippen LogP) is 0.991. The summed E-state index contributed by atoms with van der Waals surface area (Å²) in [6, 6.07) is 9.22. The molecule has 3 N–H and O–H groups in total. The molecule has 0 aromatic heterocycles. The Hall–Kier alpha value is -2.04. The van der Waals surface area contributed by atoms with Crippen molar-refractivity contribution in [1.82, 2.24) is 16.0 Å². The highest BCUT2D eigenvalue weighted by atomic mass is 16.1. The van der Waals surface area contributed by atoms with Crippen molar-refractivity contribution >= 4 is 11.9 Å². The fraction of sp³-hybridized carbons (Fsp3) is 0.467. The minimum Gasteiger partial charge on any atom is -0.356 e. The molecule has 0 bridgehead atoms. The van der Waals surface area contributed by atoms with E-state index in [-0.39, 0.29) is 5.91 Å². The number of amides is 1. The van der Waals surface area contributed by atoms with Gasteiger partial charge in [0, 0.05) is 32.2 Å². The number of benzene rings is 1. The molecule has 0 spiro atoms. The minimum atomic E-state index is -0.0478. The topological polar surface area (TPSA) is 65.5 Å². The van der Waals surface area contributed by atoms with Crippen LogP contribution in [-0.2, 0) is 0 Å². The van der Waals surface area contributed by atoms with Gasteiger partial charge in [-0.15, -0.1) is 0 Å². The van der Waals surface area contributed by atoms with Crippen molar-refractivity contribution in [2.24, 2.45) is 10.9 Å². The van der Waals surface area contributed by atoms with Crippen LogP contribution in [0.25, 0.3) is 0 Å². The van der Waals surface area contributed by atoms with Crippen molar-refractivity contribution in [3.05, 3.63) is 35.9 Å². The highest BCUT2D eigenvalue weighted by Crippen LogP contribution is 2.27. The molecule has 1 fully saturated rings. The Labute approximate surface area is 119 Å². The molecule has 0 unspecified atom stereocenters. The zero-order valence-electron chi connectivity index (χ0n) is 11.9. The van der Waals surface area contributed by atoms with Gasteiger partial charge in [-0.05, 0) is 30.9 Å². The van der Waals surface area contributed by atoms with E-state index in [0.717, 1.165) is 18.4 Å². The summed E-state index contributed by atoms with van der Waals surface area (Å²) in [7, 11) is 1.75. The summed E-state index contributed by atoms with van der Waals surface area (Å²) in [5.41, 5.74) is 0.684. The van der Waals surface area contributed by atoms with Crippen molar-refractivity contribution in [2.75, 3.05) is 26.7 Å². The van der Waals surface area contributed by atoms with Gasteiger partial charge in [-0.3, -0.25) is 9.79 Å². The molecule has 108 valence electrons. The lowest BCUT2D eigenvalue weighted by atomic mass is 10.2. The lowest BCUT2D eigenvalue weighted by molar-refractivity contribution is 0.0954. The Kier molecular flexibility index (Phi) is 5.41. The van der Waals surface area contributed by atoms with Crippen LogP contribution in [0.1, 0.15) is 23.2 Å². The van der Waals surface area contributed by atoms with E-state index in [1.54, 1.807) is 19.2 Å². The molecule has 0 radical (unpaired) electrons. The molecule has 0 aliphatic heterocycles. The van der Waals surface area contributed by atoms with E-state index in [4.69, 9.17) is 0 Å². The van der Waals surface area contributed by atoms with Gasteiger partial charge in [-0.25, -0.2) is 0 Å². The lowest BCUT2D eigenvalue weighted by Gasteiger charge is -2.12. The summed E-state index contributed by atoms with van der Waals surface area (Å²) < 4.78 is 0. The smallest absolute Gasteiger partial charge is 0.251 e. The van der Waals surface area contributed by atoms with Crippen molar-refractivity contribution in [3.8, 4) is 0 Å². The molecule has 0 saturated heterocycles. The number of hydrogen-bond donors (Lipinski definition) is 3. The largest absolute Gasteiger partial charge is 0.356 e. The molecule has 20 heavy (non-hydrogen) atoms. The molecule has 5 heteroatoms. The van der Waals surface area contributed by atoms with Gasteiger partial charge >= 0.3 is 0 Å². The van der Waals surface area contributed by atoms with E-state index < -0.39 is 0 Å². The van der Waals surface area contributed by atoms with E-state index in [1.165, 1.54) is 12.8 Å². The zero-order chi connectivity index (χ0) is 14.2. The zero-order valence-corrected chi connectivity index (χ0v) is 11.9. The number of aliphatic imine (C=N–C) groups is 1. The highest BCUT2D eigenvalue weighted by Gasteiger charge is 2.20. The Morgan fingerprint density at radius 1 is 1.15 bits per heavy atom. The first kappa shape index (κ1) is 14.4. The quantitative estimate of drug-likeness (QED) is 0.412. The summed E-state index contributed by atoms with van der Waals surface area (Å²) in [6.07, 6.45) is 2.63. The monoisotopic (exact) mass is 274 g/mol. The minimum absolute atomic E-state index is 0.0478. The molecule has 1 amide bonds. The first-order chi connectivity index (χ1) is 9.79. The average molecular weight is 274 g/mol. The average Bonchev–Trinajstić information content (AvgIpc) is 3.31. The molecule has 0 heterocycles. The molecular formula is C15H22N4O. The van der Waals surface area contributed by atoms with Crippen LogP contribution < -0.4 is 16.0 Å². The molecule has 1 aromatic carbocycles. The van der Waals surface area contributed by atoms with Crippen molar-refractivity contribution in [3.63, 3.8) is 0 Å². The number of guanidine groups is 1. The third-order valence-electron chi connectivity index (χ3n) is 3.22. The Morgan fingerprint density at radius 2 is 1.85 bits per heavy atom. The van der Waals surface area contributed by atoms with Crippen LogP contribution in [-0.4, -0.2) is 38.5 Å². The van der Waals surface area contributed by atoms with E-state index >= 15 is 0 Å². The van der Waals surface area contributed by atoms with Gasteiger partial charge in [0.2, 0.25) is 0 Å². The van der Waals surface area contributed by atoms with Crippen molar-refractivity contribution in [1.29, 1.82) is 0 Å². The molecule has 5 nitrogen and oxygen atoms in total. The van der Waals surface area contributed by atoms with E-state index in [1.807, 2.05) is 18.2 Å². The molecular weight excluding hydrogens is 252 g/mol.